The van der Waals surface area contributed by atoms with Crippen LogP contribution in [0, 0.1) is 11.3 Å². The first-order valence-corrected chi connectivity index (χ1v) is 6.36. The molecule has 0 spiro atoms. The molecule has 3 heteroatoms. The largest absolute Gasteiger partial charge is 0.494 e. The van der Waals surface area contributed by atoms with Gasteiger partial charge >= 0.3 is 0 Å². The van der Waals surface area contributed by atoms with Crippen molar-refractivity contribution in [2.24, 2.45) is 0 Å². The Bertz CT molecular complexity index is 478. The van der Waals surface area contributed by atoms with E-state index in [1.807, 2.05) is 31.2 Å². The molecule has 1 aliphatic carbocycles. The minimum atomic E-state index is -0.513. The maximum absolute atomic E-state index is 11.3. The van der Waals surface area contributed by atoms with Crippen molar-refractivity contribution >= 4 is 5.78 Å². The fourth-order valence-electron chi connectivity index (χ4n) is 2.47. The molecule has 1 aromatic carbocycles. The van der Waals surface area contributed by atoms with Crippen molar-refractivity contribution in [1.82, 2.24) is 0 Å². The van der Waals surface area contributed by atoms with Crippen LogP contribution in [0.5, 0.6) is 5.75 Å². The van der Waals surface area contributed by atoms with E-state index >= 15 is 0 Å². The van der Waals surface area contributed by atoms with Gasteiger partial charge < -0.3 is 4.74 Å². The van der Waals surface area contributed by atoms with Crippen molar-refractivity contribution in [2.75, 3.05) is 6.61 Å². The van der Waals surface area contributed by atoms with Crippen LogP contribution in [-0.2, 0) is 10.2 Å². The summed E-state index contributed by atoms with van der Waals surface area (Å²) in [6.07, 6.45) is 2.26. The summed E-state index contributed by atoms with van der Waals surface area (Å²) in [6, 6.07) is 10.1. The van der Waals surface area contributed by atoms with Crippen LogP contribution in [0.4, 0.5) is 0 Å². The molecule has 0 atom stereocenters. The number of carbonyl (C=O) groups excluding carboxylic acids is 1. The monoisotopic (exact) mass is 243 g/mol. The molecule has 0 aliphatic heterocycles. The minimum absolute atomic E-state index is 0.266. The molecule has 1 aliphatic rings. The summed E-state index contributed by atoms with van der Waals surface area (Å²) in [5.41, 5.74) is 0.463. The maximum Gasteiger partial charge on any atom is 0.133 e. The Morgan fingerprint density at radius 2 is 2.11 bits per heavy atom. The van der Waals surface area contributed by atoms with Crippen LogP contribution in [-0.4, -0.2) is 12.4 Å². The SMILES string of the molecule is CCOc1cccc(C2(C#N)CCC(=O)CC2)c1. The zero-order valence-corrected chi connectivity index (χ0v) is 10.6. The van der Waals surface area contributed by atoms with Gasteiger partial charge in [0.05, 0.1) is 18.1 Å². The standard InChI is InChI=1S/C15H17NO2/c1-2-18-14-5-3-4-12(10-14)15(11-16)8-6-13(17)7-9-15/h3-5,10H,2,6-9H2,1H3. The van der Waals surface area contributed by atoms with Crippen LogP contribution in [0.1, 0.15) is 38.2 Å². The summed E-state index contributed by atoms with van der Waals surface area (Å²) in [5.74, 6) is 1.06. The third-order valence-electron chi connectivity index (χ3n) is 3.57. The van der Waals surface area contributed by atoms with Gasteiger partial charge in [-0.1, -0.05) is 12.1 Å². The van der Waals surface area contributed by atoms with Crippen molar-refractivity contribution < 1.29 is 9.53 Å². The summed E-state index contributed by atoms with van der Waals surface area (Å²) in [6.45, 7) is 2.55. The predicted molar refractivity (Wildman–Crippen MR) is 68.4 cm³/mol. The summed E-state index contributed by atoms with van der Waals surface area (Å²) in [5, 5.41) is 9.50. The maximum atomic E-state index is 11.3. The number of carbonyl (C=O) groups is 1. The van der Waals surface area contributed by atoms with Crippen LogP contribution < -0.4 is 4.74 Å². The van der Waals surface area contributed by atoms with Gasteiger partial charge in [0.2, 0.25) is 0 Å². The first-order chi connectivity index (χ1) is 8.70. The number of ketones is 1. The number of benzene rings is 1. The second-order valence-electron chi connectivity index (χ2n) is 4.69. The normalized spacial score (nSPS) is 18.1. The highest BCUT2D eigenvalue weighted by atomic mass is 16.5. The van der Waals surface area contributed by atoms with Gasteiger partial charge in [-0.25, -0.2) is 0 Å². The Morgan fingerprint density at radius 3 is 2.72 bits per heavy atom. The smallest absolute Gasteiger partial charge is 0.133 e. The molecule has 0 amide bonds. The number of nitriles is 1. The lowest BCUT2D eigenvalue weighted by molar-refractivity contribution is -0.120. The predicted octanol–water partition coefficient (Wildman–Crippen LogP) is 2.99. The number of nitrogens with zero attached hydrogens (tertiary/aromatic N) is 1. The topological polar surface area (TPSA) is 50.1 Å². The third kappa shape index (κ3) is 2.38. The van der Waals surface area contributed by atoms with Crippen molar-refractivity contribution in [3.63, 3.8) is 0 Å². The van der Waals surface area contributed by atoms with Gasteiger partial charge in [0.25, 0.3) is 0 Å². The zero-order valence-electron chi connectivity index (χ0n) is 10.6. The molecule has 0 heterocycles. The van der Waals surface area contributed by atoms with Gasteiger partial charge in [-0.3, -0.25) is 4.79 Å². The highest BCUT2D eigenvalue weighted by Gasteiger charge is 2.36. The Morgan fingerprint density at radius 1 is 1.39 bits per heavy atom. The Hall–Kier alpha value is -1.82. The van der Waals surface area contributed by atoms with Crippen LogP contribution in [0.15, 0.2) is 24.3 Å². The number of Topliss-reactive ketones (excluding diaryl/α,β-unsaturated/α-hetero) is 1. The molecule has 0 saturated heterocycles. The minimum Gasteiger partial charge on any atom is -0.494 e. The summed E-state index contributed by atoms with van der Waals surface area (Å²) in [7, 11) is 0. The van der Waals surface area contributed by atoms with Gasteiger partial charge in [-0.2, -0.15) is 5.26 Å². The molecule has 1 saturated carbocycles. The molecule has 0 aromatic heterocycles. The van der Waals surface area contributed by atoms with E-state index in [0.29, 0.717) is 32.3 Å². The highest BCUT2D eigenvalue weighted by Crippen LogP contribution is 2.38. The average molecular weight is 243 g/mol. The van der Waals surface area contributed by atoms with E-state index in [-0.39, 0.29) is 5.78 Å². The molecule has 0 unspecified atom stereocenters. The van der Waals surface area contributed by atoms with Crippen molar-refractivity contribution in [1.29, 1.82) is 5.26 Å². The molecule has 0 N–H and O–H groups in total. The zero-order chi connectivity index (χ0) is 13.0. The van der Waals surface area contributed by atoms with Crippen molar-refractivity contribution in [3.8, 4) is 11.8 Å². The molecule has 94 valence electrons. The second-order valence-corrected chi connectivity index (χ2v) is 4.69. The van der Waals surface area contributed by atoms with Crippen molar-refractivity contribution in [3.05, 3.63) is 29.8 Å². The molecule has 1 fully saturated rings. The average Bonchev–Trinajstić information content (AvgIpc) is 2.41. The molecule has 1 aromatic rings. The van der Waals surface area contributed by atoms with Gasteiger partial charge in [-0.15, -0.1) is 0 Å². The lowest BCUT2D eigenvalue weighted by Gasteiger charge is -2.30. The quantitative estimate of drug-likeness (QED) is 0.820. The van der Waals surface area contributed by atoms with Crippen LogP contribution in [0.25, 0.3) is 0 Å². The summed E-state index contributed by atoms with van der Waals surface area (Å²) >= 11 is 0. The van der Waals surface area contributed by atoms with Crippen LogP contribution in [0.3, 0.4) is 0 Å². The molecular formula is C15H17NO2. The van der Waals surface area contributed by atoms with E-state index in [1.54, 1.807) is 0 Å². The summed E-state index contributed by atoms with van der Waals surface area (Å²) in [4.78, 5) is 11.3. The lowest BCUT2D eigenvalue weighted by atomic mass is 9.70. The van der Waals surface area contributed by atoms with Crippen LogP contribution >= 0.6 is 0 Å². The summed E-state index contributed by atoms with van der Waals surface area (Å²) < 4.78 is 5.47. The van der Waals surface area contributed by atoms with Crippen LogP contribution in [0.2, 0.25) is 0 Å². The first kappa shape index (κ1) is 12.6. The lowest BCUT2D eigenvalue weighted by Crippen LogP contribution is -2.30. The van der Waals surface area contributed by atoms with Crippen molar-refractivity contribution in [2.45, 2.75) is 38.0 Å². The molecular weight excluding hydrogens is 226 g/mol. The molecule has 2 rings (SSSR count). The molecule has 0 bridgehead atoms. The fourth-order valence-corrected chi connectivity index (χ4v) is 2.47. The molecule has 3 nitrogen and oxygen atoms in total. The van der Waals surface area contributed by atoms with E-state index in [0.717, 1.165) is 11.3 Å². The number of hydrogen-bond donors (Lipinski definition) is 0. The molecule has 0 radical (unpaired) electrons. The highest BCUT2D eigenvalue weighted by molar-refractivity contribution is 5.80. The van der Waals surface area contributed by atoms with Gasteiger partial charge in [0.15, 0.2) is 0 Å². The second kappa shape index (κ2) is 5.22. The fraction of sp³-hybridized carbons (Fsp3) is 0.467. The van der Waals surface area contributed by atoms with Gasteiger partial charge in [-0.05, 0) is 37.5 Å². The van der Waals surface area contributed by atoms with E-state index in [1.165, 1.54) is 0 Å². The number of hydrogen-bond acceptors (Lipinski definition) is 3. The number of ether oxygens (including phenoxy) is 1. The van der Waals surface area contributed by atoms with Gasteiger partial charge in [0, 0.05) is 12.8 Å². The van der Waals surface area contributed by atoms with E-state index in [2.05, 4.69) is 6.07 Å². The Kier molecular flexibility index (Phi) is 3.66. The Balaban J connectivity index is 2.30. The number of rotatable bonds is 3. The Labute approximate surface area is 107 Å². The van der Waals surface area contributed by atoms with E-state index in [9.17, 15) is 10.1 Å². The van der Waals surface area contributed by atoms with Gasteiger partial charge in [0.1, 0.15) is 11.5 Å². The van der Waals surface area contributed by atoms with E-state index in [4.69, 9.17) is 4.74 Å². The first-order valence-electron chi connectivity index (χ1n) is 6.36. The molecule has 18 heavy (non-hydrogen) atoms. The third-order valence-corrected chi connectivity index (χ3v) is 3.57. The van der Waals surface area contributed by atoms with E-state index < -0.39 is 5.41 Å².